The zero-order valence-electron chi connectivity index (χ0n) is 9.89. The molecule has 1 spiro atoms. The normalized spacial score (nSPS) is 44.6. The van der Waals surface area contributed by atoms with E-state index in [1.54, 1.807) is 0 Å². The van der Waals surface area contributed by atoms with E-state index in [9.17, 15) is 0 Å². The summed E-state index contributed by atoms with van der Waals surface area (Å²) in [7, 11) is 0. The Morgan fingerprint density at radius 1 is 1.43 bits per heavy atom. The molecule has 1 nitrogen and oxygen atoms in total. The molecule has 2 aliphatic rings. The summed E-state index contributed by atoms with van der Waals surface area (Å²) in [6.07, 6.45) is 1.45. The summed E-state index contributed by atoms with van der Waals surface area (Å²) in [5, 5.41) is 4.40. The quantitative estimate of drug-likeness (QED) is 0.773. The van der Waals surface area contributed by atoms with E-state index >= 15 is 0 Å². The molecule has 1 aliphatic heterocycles. The van der Waals surface area contributed by atoms with Gasteiger partial charge in [0.1, 0.15) is 0 Å². The third-order valence-electron chi connectivity index (χ3n) is 4.82. The van der Waals surface area contributed by atoms with Gasteiger partial charge in [-0.2, -0.15) is 11.8 Å². The monoisotopic (exact) mass is 213 g/mol. The second-order valence-electron chi connectivity index (χ2n) is 5.39. The predicted octanol–water partition coefficient (Wildman–Crippen LogP) is 2.76. The lowest BCUT2D eigenvalue weighted by molar-refractivity contribution is 0.382. The fourth-order valence-corrected chi connectivity index (χ4v) is 5.48. The Labute approximate surface area is 92.4 Å². The molecule has 2 rings (SSSR count). The first-order valence-electron chi connectivity index (χ1n) is 5.89. The van der Waals surface area contributed by atoms with Gasteiger partial charge in [0, 0.05) is 5.25 Å². The lowest BCUT2D eigenvalue weighted by Crippen LogP contribution is -2.21. The molecule has 0 amide bonds. The van der Waals surface area contributed by atoms with Crippen LogP contribution in [0.15, 0.2) is 0 Å². The molecule has 3 unspecified atom stereocenters. The van der Waals surface area contributed by atoms with Crippen LogP contribution in [0.5, 0.6) is 0 Å². The molecule has 14 heavy (non-hydrogen) atoms. The van der Waals surface area contributed by atoms with Gasteiger partial charge in [0.15, 0.2) is 0 Å². The van der Waals surface area contributed by atoms with Gasteiger partial charge in [-0.25, -0.2) is 0 Å². The van der Waals surface area contributed by atoms with E-state index in [1.807, 2.05) is 0 Å². The molecule has 0 aromatic heterocycles. The van der Waals surface area contributed by atoms with E-state index in [2.05, 4.69) is 44.8 Å². The van der Waals surface area contributed by atoms with Crippen molar-refractivity contribution in [2.45, 2.75) is 39.4 Å². The van der Waals surface area contributed by atoms with Crippen LogP contribution in [0.3, 0.4) is 0 Å². The Morgan fingerprint density at radius 3 is 2.64 bits per heavy atom. The maximum Gasteiger partial charge on any atom is 0.00840 e. The average molecular weight is 213 g/mol. The van der Waals surface area contributed by atoms with Gasteiger partial charge in [0.25, 0.3) is 0 Å². The molecule has 82 valence electrons. The number of hydrogen-bond acceptors (Lipinski definition) is 2. The molecule has 1 aliphatic carbocycles. The van der Waals surface area contributed by atoms with Gasteiger partial charge in [-0.15, -0.1) is 0 Å². The van der Waals surface area contributed by atoms with Crippen LogP contribution in [0.4, 0.5) is 0 Å². The van der Waals surface area contributed by atoms with Gasteiger partial charge in [-0.1, -0.05) is 27.7 Å². The second kappa shape index (κ2) is 3.41. The minimum atomic E-state index is 0.581. The number of thioether (sulfide) groups is 1. The zero-order chi connectivity index (χ0) is 10.4. The van der Waals surface area contributed by atoms with Gasteiger partial charge in [0.2, 0.25) is 0 Å². The van der Waals surface area contributed by atoms with Crippen LogP contribution in [0, 0.1) is 16.7 Å². The van der Waals surface area contributed by atoms with Gasteiger partial charge in [-0.3, -0.25) is 0 Å². The van der Waals surface area contributed by atoms with Crippen molar-refractivity contribution >= 4 is 11.8 Å². The largest absolute Gasteiger partial charge is 0.317 e. The second-order valence-corrected chi connectivity index (χ2v) is 6.83. The third kappa shape index (κ3) is 1.19. The molecule has 2 fully saturated rings. The van der Waals surface area contributed by atoms with E-state index in [1.165, 1.54) is 18.7 Å². The van der Waals surface area contributed by atoms with Crippen molar-refractivity contribution in [2.24, 2.45) is 16.7 Å². The molecule has 1 heterocycles. The van der Waals surface area contributed by atoms with Crippen molar-refractivity contribution < 1.29 is 0 Å². The van der Waals surface area contributed by atoms with Crippen molar-refractivity contribution in [1.82, 2.24) is 5.32 Å². The Bertz CT molecular complexity index is 226. The fraction of sp³-hybridized carbons (Fsp3) is 1.00. The molecule has 1 saturated heterocycles. The van der Waals surface area contributed by atoms with Crippen LogP contribution >= 0.6 is 11.8 Å². The Kier molecular flexibility index (Phi) is 2.64. The first-order chi connectivity index (χ1) is 6.57. The minimum Gasteiger partial charge on any atom is -0.317 e. The smallest absolute Gasteiger partial charge is 0.00840 e. The number of nitrogens with one attached hydrogen (secondary N) is 1. The van der Waals surface area contributed by atoms with Crippen molar-refractivity contribution in [3.8, 4) is 0 Å². The first kappa shape index (κ1) is 10.8. The molecule has 1 N–H and O–H groups in total. The summed E-state index contributed by atoms with van der Waals surface area (Å²) >= 11 is 2.18. The standard InChI is InChI=1S/C12H23NS/c1-5-13-8-10-11(3,4)12(10)6-7-14-9(12)2/h9-10,13H,5-8H2,1-4H3. The molecule has 0 radical (unpaired) electrons. The summed E-state index contributed by atoms with van der Waals surface area (Å²) in [4.78, 5) is 0. The van der Waals surface area contributed by atoms with Crippen LogP contribution in [-0.4, -0.2) is 24.1 Å². The average Bonchev–Trinajstić information content (AvgIpc) is 2.43. The van der Waals surface area contributed by atoms with Gasteiger partial charge in [-0.05, 0) is 42.0 Å². The number of hydrogen-bond donors (Lipinski definition) is 1. The van der Waals surface area contributed by atoms with E-state index in [0.29, 0.717) is 10.8 Å². The Morgan fingerprint density at radius 2 is 2.14 bits per heavy atom. The molecule has 2 heteroatoms. The van der Waals surface area contributed by atoms with Gasteiger partial charge >= 0.3 is 0 Å². The highest BCUT2D eigenvalue weighted by Gasteiger charge is 2.73. The van der Waals surface area contributed by atoms with Crippen LogP contribution in [0.2, 0.25) is 0 Å². The molecule has 1 saturated carbocycles. The molecular weight excluding hydrogens is 190 g/mol. The summed E-state index contributed by atoms with van der Waals surface area (Å²) in [6, 6.07) is 0. The van der Waals surface area contributed by atoms with Crippen molar-refractivity contribution in [2.75, 3.05) is 18.8 Å². The lowest BCUT2D eigenvalue weighted by Gasteiger charge is -2.17. The molecule has 0 bridgehead atoms. The van der Waals surface area contributed by atoms with Crippen LogP contribution in [0.1, 0.15) is 34.1 Å². The predicted molar refractivity (Wildman–Crippen MR) is 64.8 cm³/mol. The van der Waals surface area contributed by atoms with Crippen LogP contribution in [0.25, 0.3) is 0 Å². The molecule has 0 aromatic rings. The highest BCUT2D eigenvalue weighted by Crippen LogP contribution is 2.76. The van der Waals surface area contributed by atoms with E-state index in [-0.39, 0.29) is 0 Å². The summed E-state index contributed by atoms with van der Waals surface area (Å²) < 4.78 is 0. The van der Waals surface area contributed by atoms with Crippen LogP contribution < -0.4 is 5.32 Å². The Hall–Kier alpha value is 0.310. The summed E-state index contributed by atoms with van der Waals surface area (Å²) in [5.74, 6) is 2.30. The van der Waals surface area contributed by atoms with Crippen molar-refractivity contribution in [3.05, 3.63) is 0 Å². The lowest BCUT2D eigenvalue weighted by atomic mass is 9.90. The van der Waals surface area contributed by atoms with Crippen LogP contribution in [-0.2, 0) is 0 Å². The number of rotatable bonds is 3. The Balaban J connectivity index is 2.06. The topological polar surface area (TPSA) is 12.0 Å². The maximum absolute atomic E-state index is 3.53. The third-order valence-corrected chi connectivity index (χ3v) is 6.18. The molecule has 0 aromatic carbocycles. The van der Waals surface area contributed by atoms with Gasteiger partial charge in [0.05, 0.1) is 0 Å². The van der Waals surface area contributed by atoms with E-state index in [0.717, 1.165) is 17.7 Å². The van der Waals surface area contributed by atoms with Gasteiger partial charge < -0.3 is 5.32 Å². The van der Waals surface area contributed by atoms with E-state index < -0.39 is 0 Å². The SMILES string of the molecule is CCNCC1C(C)(C)C12CCSC2C. The summed E-state index contributed by atoms with van der Waals surface area (Å²) in [5.41, 5.74) is 1.25. The van der Waals surface area contributed by atoms with E-state index in [4.69, 9.17) is 0 Å². The van der Waals surface area contributed by atoms with Crippen molar-refractivity contribution in [1.29, 1.82) is 0 Å². The van der Waals surface area contributed by atoms with Crippen molar-refractivity contribution in [3.63, 3.8) is 0 Å². The maximum atomic E-state index is 3.53. The highest BCUT2D eigenvalue weighted by atomic mass is 32.2. The molecule has 3 atom stereocenters. The highest BCUT2D eigenvalue weighted by molar-refractivity contribution is 8.00. The molecular formula is C12H23NS. The minimum absolute atomic E-state index is 0.581. The fourth-order valence-electron chi connectivity index (χ4n) is 3.79. The first-order valence-corrected chi connectivity index (χ1v) is 6.94. The summed E-state index contributed by atoms with van der Waals surface area (Å²) in [6.45, 7) is 11.9. The zero-order valence-corrected chi connectivity index (χ0v) is 10.7.